The highest BCUT2D eigenvalue weighted by atomic mass is 16.7. The Morgan fingerprint density at radius 2 is 1.71 bits per heavy atom. The fourth-order valence-electron chi connectivity index (χ4n) is 2.01. The van der Waals surface area contributed by atoms with Gasteiger partial charge in [-0.15, -0.1) is 0 Å². The molecule has 0 unspecified atom stereocenters. The molecule has 1 N–H and O–H groups in total. The van der Waals surface area contributed by atoms with Crippen molar-refractivity contribution in [2.75, 3.05) is 0 Å². The topological polar surface area (TPSA) is 51.6 Å². The Kier molecular flexibility index (Phi) is 4.04. The summed E-state index contributed by atoms with van der Waals surface area (Å²) in [6, 6.07) is 3.74. The quantitative estimate of drug-likeness (QED) is 0.869. The Hall–Kier alpha value is -1.17. The molecule has 0 atom stereocenters. The monoisotopic (exact) mass is 289 g/mol. The van der Waals surface area contributed by atoms with Crippen molar-refractivity contribution >= 4 is 13.2 Å². The van der Waals surface area contributed by atoms with E-state index >= 15 is 0 Å². The Morgan fingerprint density at radius 1 is 1.14 bits per heavy atom. The number of hydrogen-bond acceptors (Lipinski definition) is 4. The van der Waals surface area contributed by atoms with Crippen molar-refractivity contribution in [1.82, 2.24) is 4.98 Å². The van der Waals surface area contributed by atoms with E-state index in [2.05, 4.69) is 4.98 Å². The van der Waals surface area contributed by atoms with E-state index in [9.17, 15) is 5.11 Å². The summed E-state index contributed by atoms with van der Waals surface area (Å²) in [4.78, 5) is 4.32. The van der Waals surface area contributed by atoms with Crippen LogP contribution in [0.2, 0.25) is 0 Å². The Morgan fingerprint density at radius 3 is 2.14 bits per heavy atom. The summed E-state index contributed by atoms with van der Waals surface area (Å²) >= 11 is 0. The highest BCUT2D eigenvalue weighted by Gasteiger charge is 2.49. The summed E-state index contributed by atoms with van der Waals surface area (Å²) in [5, 5.41) is 9.90. The second-order valence-electron chi connectivity index (χ2n) is 7.01. The minimum Gasteiger partial charge on any atom is -0.400 e. The van der Waals surface area contributed by atoms with Gasteiger partial charge in [-0.3, -0.25) is 4.98 Å². The Labute approximate surface area is 127 Å². The molecule has 1 saturated heterocycles. The predicted molar refractivity (Wildman–Crippen MR) is 84.6 cm³/mol. The molecule has 0 spiro atoms. The molecule has 114 valence electrons. The molecule has 1 aromatic rings. The van der Waals surface area contributed by atoms with Crippen LogP contribution in [0.3, 0.4) is 0 Å². The summed E-state index contributed by atoms with van der Waals surface area (Å²) in [5.41, 5.74) is 0.0504. The normalized spacial score (nSPS) is 21.2. The van der Waals surface area contributed by atoms with E-state index in [4.69, 9.17) is 9.31 Å². The number of aliphatic hydroxyl groups is 1. The third-order valence-electron chi connectivity index (χ3n) is 4.19. The molecule has 1 fully saturated rings. The molecule has 2 heterocycles. The van der Waals surface area contributed by atoms with Gasteiger partial charge in [-0.05, 0) is 53.7 Å². The van der Waals surface area contributed by atoms with Gasteiger partial charge < -0.3 is 14.4 Å². The SMILES string of the molecule is CC(C)(O)c1ccc(/C=C/B2OC(C)(C)C(C)(C)O2)nc1. The van der Waals surface area contributed by atoms with Gasteiger partial charge >= 0.3 is 7.12 Å². The van der Waals surface area contributed by atoms with E-state index < -0.39 is 5.60 Å². The molecule has 0 saturated carbocycles. The number of rotatable bonds is 3. The molecule has 1 aliphatic heterocycles. The van der Waals surface area contributed by atoms with Crippen molar-refractivity contribution in [3.8, 4) is 0 Å². The summed E-state index contributed by atoms with van der Waals surface area (Å²) in [7, 11) is -0.370. The van der Waals surface area contributed by atoms with Crippen LogP contribution in [0.4, 0.5) is 0 Å². The van der Waals surface area contributed by atoms with Crippen LogP contribution in [0.1, 0.15) is 52.8 Å². The van der Waals surface area contributed by atoms with E-state index in [1.165, 1.54) is 0 Å². The molecule has 21 heavy (non-hydrogen) atoms. The first-order chi connectivity index (χ1) is 9.51. The van der Waals surface area contributed by atoms with E-state index in [1.807, 2.05) is 51.9 Å². The average molecular weight is 289 g/mol. The van der Waals surface area contributed by atoms with Gasteiger partial charge in [0.15, 0.2) is 0 Å². The van der Waals surface area contributed by atoms with Gasteiger partial charge in [0.2, 0.25) is 0 Å². The molecule has 0 bridgehead atoms. The second kappa shape index (κ2) is 5.23. The zero-order valence-electron chi connectivity index (χ0n) is 13.7. The van der Waals surface area contributed by atoms with E-state index in [0.29, 0.717) is 0 Å². The minimum atomic E-state index is -0.874. The van der Waals surface area contributed by atoms with E-state index in [0.717, 1.165) is 11.3 Å². The summed E-state index contributed by atoms with van der Waals surface area (Å²) in [5.74, 6) is 1.86. The van der Waals surface area contributed by atoms with Crippen LogP contribution in [0.25, 0.3) is 6.08 Å². The first-order valence-electron chi connectivity index (χ1n) is 7.24. The van der Waals surface area contributed by atoms with Gasteiger partial charge in [0, 0.05) is 11.8 Å². The van der Waals surface area contributed by atoms with Crippen molar-refractivity contribution in [3.05, 3.63) is 35.6 Å². The molecule has 0 radical (unpaired) electrons. The maximum absolute atomic E-state index is 9.90. The van der Waals surface area contributed by atoms with Crippen molar-refractivity contribution in [2.24, 2.45) is 0 Å². The summed E-state index contributed by atoms with van der Waals surface area (Å²) < 4.78 is 11.8. The summed E-state index contributed by atoms with van der Waals surface area (Å²) in [6.07, 6.45) is 3.56. The first-order valence-corrected chi connectivity index (χ1v) is 7.24. The van der Waals surface area contributed by atoms with E-state index in [-0.39, 0.29) is 18.3 Å². The van der Waals surface area contributed by atoms with Crippen molar-refractivity contribution < 1.29 is 14.4 Å². The zero-order valence-corrected chi connectivity index (χ0v) is 13.7. The molecule has 0 aliphatic carbocycles. The lowest BCUT2D eigenvalue weighted by Gasteiger charge is -2.32. The van der Waals surface area contributed by atoms with Gasteiger partial charge in [-0.25, -0.2) is 0 Å². The molecule has 0 aromatic carbocycles. The first kappa shape index (κ1) is 16.2. The number of aromatic nitrogens is 1. The molecular formula is C16H24BNO3. The fourth-order valence-corrected chi connectivity index (χ4v) is 2.01. The third kappa shape index (κ3) is 3.54. The molecular weight excluding hydrogens is 265 g/mol. The minimum absolute atomic E-state index is 0.333. The van der Waals surface area contributed by atoms with Gasteiger partial charge in [0.25, 0.3) is 0 Å². The van der Waals surface area contributed by atoms with Crippen LogP contribution in [0, 0.1) is 0 Å². The lowest BCUT2D eigenvalue weighted by molar-refractivity contribution is 0.00578. The molecule has 0 amide bonds. The van der Waals surface area contributed by atoms with Crippen LogP contribution >= 0.6 is 0 Å². The highest BCUT2D eigenvalue weighted by molar-refractivity contribution is 6.52. The molecule has 5 heteroatoms. The van der Waals surface area contributed by atoms with Gasteiger partial charge in [0.05, 0.1) is 22.5 Å². The van der Waals surface area contributed by atoms with Gasteiger partial charge in [-0.1, -0.05) is 12.0 Å². The lowest BCUT2D eigenvalue weighted by Crippen LogP contribution is -2.41. The van der Waals surface area contributed by atoms with Crippen LogP contribution in [0.15, 0.2) is 24.3 Å². The maximum Gasteiger partial charge on any atom is 0.487 e. The van der Waals surface area contributed by atoms with Crippen LogP contribution in [-0.4, -0.2) is 28.4 Å². The average Bonchev–Trinajstić information content (AvgIpc) is 2.55. The van der Waals surface area contributed by atoms with Gasteiger partial charge in [-0.2, -0.15) is 0 Å². The van der Waals surface area contributed by atoms with Crippen LogP contribution in [-0.2, 0) is 14.9 Å². The second-order valence-corrected chi connectivity index (χ2v) is 7.01. The molecule has 1 aliphatic rings. The third-order valence-corrected chi connectivity index (χ3v) is 4.19. The maximum atomic E-state index is 9.90. The standard InChI is InChI=1S/C16H24BNO3/c1-14(2,19)12-7-8-13(18-11-12)9-10-17-20-15(3,4)16(5,6)21-17/h7-11,19H,1-6H3/b10-9+. The Bertz CT molecular complexity index is 513. The number of nitrogens with zero attached hydrogens (tertiary/aromatic N) is 1. The zero-order chi connectivity index (χ0) is 15.9. The van der Waals surface area contributed by atoms with Gasteiger partial charge in [0.1, 0.15) is 0 Å². The number of pyridine rings is 1. The highest BCUT2D eigenvalue weighted by Crippen LogP contribution is 2.37. The van der Waals surface area contributed by atoms with E-state index in [1.54, 1.807) is 20.0 Å². The Balaban J connectivity index is 2.06. The van der Waals surface area contributed by atoms with Crippen LogP contribution in [0.5, 0.6) is 0 Å². The number of hydrogen-bond donors (Lipinski definition) is 1. The van der Waals surface area contributed by atoms with Crippen molar-refractivity contribution in [3.63, 3.8) is 0 Å². The van der Waals surface area contributed by atoms with Crippen LogP contribution < -0.4 is 0 Å². The lowest BCUT2D eigenvalue weighted by atomic mass is 9.89. The largest absolute Gasteiger partial charge is 0.487 e. The molecule has 1 aromatic heterocycles. The van der Waals surface area contributed by atoms with Crippen molar-refractivity contribution in [1.29, 1.82) is 0 Å². The van der Waals surface area contributed by atoms with Crippen molar-refractivity contribution in [2.45, 2.75) is 58.3 Å². The molecule has 2 rings (SSSR count). The summed E-state index contributed by atoms with van der Waals surface area (Å²) in [6.45, 7) is 11.6. The molecule has 4 nitrogen and oxygen atoms in total. The predicted octanol–water partition coefficient (Wildman–Crippen LogP) is 2.95. The fraction of sp³-hybridized carbons (Fsp3) is 0.562. The smallest absolute Gasteiger partial charge is 0.400 e.